The molecule has 16 heteroatoms. The van der Waals surface area contributed by atoms with Gasteiger partial charge in [0.15, 0.2) is 0 Å². The Kier molecular flexibility index (Phi) is 14.0. The monoisotopic (exact) mass is 569 g/mol. The lowest BCUT2D eigenvalue weighted by atomic mass is 10.0. The zero-order chi connectivity index (χ0) is 30.4. The molecule has 7 N–H and O–H groups in total. The van der Waals surface area contributed by atoms with E-state index in [4.69, 9.17) is 0 Å². The van der Waals surface area contributed by atoms with E-state index in [0.717, 1.165) is 4.90 Å². The van der Waals surface area contributed by atoms with Crippen LogP contribution in [0.5, 0.6) is 0 Å². The molecule has 1 unspecified atom stereocenters. The number of carboxylic acid groups (broad SMARTS) is 5. The van der Waals surface area contributed by atoms with Crippen molar-refractivity contribution in [3.05, 3.63) is 29.8 Å². The van der Waals surface area contributed by atoms with Gasteiger partial charge in [0.25, 0.3) is 0 Å². The standard InChI is InChI=1S/C24H35N5O11/c1-15(28(11-20(32)33)12-21(34)35)8-27(10-19(30)31)9-18(29(13-22(36)37)14-23(38)39)7-16-3-5-17(6-4-16)26-24(40)25-2/h3-6,15,18H,7-14H2,1-2H3,(H,30,31)(H,32,33)(H,34,35)(H,36,37)(H,38,39)(H2,25,26,40)/t15?,18-/m0/s1. The van der Waals surface area contributed by atoms with Crippen molar-refractivity contribution in [3.63, 3.8) is 0 Å². The SMILES string of the molecule is CNC(=O)Nc1ccc(C[C@@H](CN(CC(=O)O)CC(C)N(CC(=O)O)CC(=O)O)N(CC(=O)O)CC(=O)O)cc1. The molecule has 0 spiro atoms. The Bertz CT molecular complexity index is 1020. The first kappa shape index (κ1) is 33.7. The number of nitrogens with zero attached hydrogens (tertiary/aromatic N) is 3. The second-order valence-corrected chi connectivity index (χ2v) is 9.08. The van der Waals surface area contributed by atoms with Crippen LogP contribution in [0.1, 0.15) is 12.5 Å². The van der Waals surface area contributed by atoms with Crippen LogP contribution in [0.25, 0.3) is 0 Å². The van der Waals surface area contributed by atoms with Crippen LogP contribution in [0.2, 0.25) is 0 Å². The van der Waals surface area contributed by atoms with Gasteiger partial charge in [-0.3, -0.25) is 38.7 Å². The van der Waals surface area contributed by atoms with Gasteiger partial charge < -0.3 is 36.2 Å². The Morgan fingerprint density at radius 1 is 0.700 bits per heavy atom. The van der Waals surface area contributed by atoms with Crippen molar-refractivity contribution in [1.29, 1.82) is 0 Å². The van der Waals surface area contributed by atoms with E-state index in [1.807, 2.05) is 0 Å². The summed E-state index contributed by atoms with van der Waals surface area (Å²) in [6.07, 6.45) is 0.0965. The van der Waals surface area contributed by atoms with E-state index in [1.165, 1.54) is 23.8 Å². The number of aliphatic carboxylic acids is 5. The fourth-order valence-electron chi connectivity index (χ4n) is 4.06. The first-order chi connectivity index (χ1) is 18.7. The van der Waals surface area contributed by atoms with Crippen molar-refractivity contribution in [2.24, 2.45) is 0 Å². The minimum atomic E-state index is -1.30. The molecule has 0 fully saturated rings. The molecule has 16 nitrogen and oxygen atoms in total. The van der Waals surface area contributed by atoms with Gasteiger partial charge in [-0.15, -0.1) is 0 Å². The lowest BCUT2D eigenvalue weighted by molar-refractivity contribution is -0.144. The Hall–Kier alpha value is -4.28. The Labute approximate surface area is 229 Å². The largest absolute Gasteiger partial charge is 0.480 e. The number of hydrogen-bond acceptors (Lipinski definition) is 9. The van der Waals surface area contributed by atoms with Crippen LogP contribution in [0, 0.1) is 0 Å². The van der Waals surface area contributed by atoms with Crippen LogP contribution in [0.4, 0.5) is 10.5 Å². The summed E-state index contributed by atoms with van der Waals surface area (Å²) in [4.78, 5) is 72.5. The summed E-state index contributed by atoms with van der Waals surface area (Å²) in [5.74, 6) is -6.41. The van der Waals surface area contributed by atoms with Crippen LogP contribution in [-0.4, -0.2) is 141 Å². The zero-order valence-corrected chi connectivity index (χ0v) is 22.1. The van der Waals surface area contributed by atoms with E-state index in [-0.39, 0.29) is 19.5 Å². The molecule has 2 amide bonds. The molecule has 0 radical (unpaired) electrons. The molecule has 1 aromatic rings. The van der Waals surface area contributed by atoms with E-state index in [0.29, 0.717) is 11.3 Å². The number of urea groups is 1. The number of nitrogens with one attached hydrogen (secondary N) is 2. The maximum absolute atomic E-state index is 11.6. The van der Waals surface area contributed by atoms with Crippen LogP contribution in [-0.2, 0) is 30.4 Å². The van der Waals surface area contributed by atoms with E-state index in [1.54, 1.807) is 24.3 Å². The summed E-state index contributed by atoms with van der Waals surface area (Å²) in [5, 5.41) is 51.7. The second-order valence-electron chi connectivity index (χ2n) is 9.08. The van der Waals surface area contributed by atoms with Gasteiger partial charge in [-0.1, -0.05) is 12.1 Å². The highest BCUT2D eigenvalue weighted by molar-refractivity contribution is 5.88. The van der Waals surface area contributed by atoms with Gasteiger partial charge >= 0.3 is 35.9 Å². The predicted octanol–water partition coefficient (Wildman–Crippen LogP) is -0.933. The van der Waals surface area contributed by atoms with E-state index >= 15 is 0 Å². The average Bonchev–Trinajstić information content (AvgIpc) is 2.82. The molecule has 40 heavy (non-hydrogen) atoms. The molecule has 0 saturated heterocycles. The summed E-state index contributed by atoms with van der Waals surface area (Å²) < 4.78 is 0. The Morgan fingerprint density at radius 3 is 1.57 bits per heavy atom. The van der Waals surface area contributed by atoms with Crippen molar-refractivity contribution in [2.75, 3.05) is 58.2 Å². The first-order valence-electron chi connectivity index (χ1n) is 12.1. The smallest absolute Gasteiger partial charge is 0.318 e. The topological polar surface area (TPSA) is 237 Å². The summed E-state index contributed by atoms with van der Waals surface area (Å²) >= 11 is 0. The average molecular weight is 570 g/mol. The van der Waals surface area contributed by atoms with Crippen molar-refractivity contribution < 1.29 is 54.3 Å². The number of rotatable bonds is 19. The third-order valence-electron chi connectivity index (χ3n) is 5.75. The van der Waals surface area contributed by atoms with Crippen molar-refractivity contribution in [3.8, 4) is 0 Å². The number of amides is 2. The zero-order valence-electron chi connectivity index (χ0n) is 22.1. The molecule has 0 aliphatic carbocycles. The van der Waals surface area contributed by atoms with Gasteiger partial charge in [-0.25, -0.2) is 4.79 Å². The van der Waals surface area contributed by atoms with Gasteiger partial charge in [0.1, 0.15) is 0 Å². The lowest BCUT2D eigenvalue weighted by Gasteiger charge is -2.36. The van der Waals surface area contributed by atoms with Gasteiger partial charge in [-0.05, 0) is 31.0 Å². The van der Waals surface area contributed by atoms with Crippen molar-refractivity contribution >= 4 is 41.6 Å². The molecule has 2 atom stereocenters. The number of carbonyl (C=O) groups is 6. The molecule has 1 rings (SSSR count). The Balaban J connectivity index is 3.32. The fourth-order valence-corrected chi connectivity index (χ4v) is 4.06. The van der Waals surface area contributed by atoms with E-state index in [9.17, 15) is 54.3 Å². The highest BCUT2D eigenvalue weighted by atomic mass is 16.4. The van der Waals surface area contributed by atoms with Crippen LogP contribution >= 0.6 is 0 Å². The van der Waals surface area contributed by atoms with Gasteiger partial charge in [-0.2, -0.15) is 0 Å². The minimum absolute atomic E-state index is 0.0965. The fraction of sp³-hybridized carbons (Fsp3) is 0.500. The molecule has 0 aliphatic heterocycles. The lowest BCUT2D eigenvalue weighted by Crippen LogP contribution is -2.53. The van der Waals surface area contributed by atoms with Crippen molar-refractivity contribution in [1.82, 2.24) is 20.0 Å². The number of carboxylic acids is 5. The number of anilines is 1. The second kappa shape index (κ2) is 16.6. The number of carbonyl (C=O) groups excluding carboxylic acids is 1. The highest BCUT2D eigenvalue weighted by Gasteiger charge is 2.29. The van der Waals surface area contributed by atoms with Crippen LogP contribution < -0.4 is 10.6 Å². The molecule has 0 aliphatic rings. The molecule has 0 heterocycles. The molecule has 1 aromatic carbocycles. The molecule has 0 aromatic heterocycles. The first-order valence-corrected chi connectivity index (χ1v) is 12.1. The normalized spacial score (nSPS) is 12.6. The summed E-state index contributed by atoms with van der Waals surface area (Å²) in [6.45, 7) is -1.81. The van der Waals surface area contributed by atoms with Gasteiger partial charge in [0.05, 0.1) is 32.7 Å². The van der Waals surface area contributed by atoms with Crippen LogP contribution in [0.15, 0.2) is 24.3 Å². The summed E-state index contributed by atoms with van der Waals surface area (Å²) in [5.41, 5.74) is 1.10. The number of hydrogen-bond donors (Lipinski definition) is 7. The predicted molar refractivity (Wildman–Crippen MR) is 139 cm³/mol. The number of benzene rings is 1. The van der Waals surface area contributed by atoms with Crippen molar-refractivity contribution in [2.45, 2.75) is 25.4 Å². The van der Waals surface area contributed by atoms with E-state index < -0.39 is 80.7 Å². The maximum atomic E-state index is 11.6. The third kappa shape index (κ3) is 13.5. The maximum Gasteiger partial charge on any atom is 0.318 e. The molecule has 0 bridgehead atoms. The molecular formula is C24H35N5O11. The third-order valence-corrected chi connectivity index (χ3v) is 5.75. The molecular weight excluding hydrogens is 534 g/mol. The minimum Gasteiger partial charge on any atom is -0.480 e. The van der Waals surface area contributed by atoms with Crippen LogP contribution in [0.3, 0.4) is 0 Å². The molecule has 222 valence electrons. The summed E-state index contributed by atoms with van der Waals surface area (Å²) in [6, 6.07) is 4.45. The quantitative estimate of drug-likeness (QED) is 0.107. The van der Waals surface area contributed by atoms with E-state index in [2.05, 4.69) is 10.6 Å². The highest BCUT2D eigenvalue weighted by Crippen LogP contribution is 2.16. The molecule has 0 saturated carbocycles. The van der Waals surface area contributed by atoms with Gasteiger partial charge in [0, 0.05) is 37.9 Å². The Morgan fingerprint density at radius 2 is 1.15 bits per heavy atom. The van der Waals surface area contributed by atoms with Gasteiger partial charge in [0.2, 0.25) is 0 Å². The summed E-state index contributed by atoms with van der Waals surface area (Å²) in [7, 11) is 1.44.